The molecule has 0 saturated carbocycles. The lowest BCUT2D eigenvalue weighted by molar-refractivity contribution is -0.385. The number of fused-ring (bicyclic) bond motifs is 1. The van der Waals surface area contributed by atoms with Crippen molar-refractivity contribution in [2.45, 2.75) is 19.4 Å². The number of hydrogen-bond donors (Lipinski definition) is 1. The Balaban J connectivity index is 1.77. The first-order valence-corrected chi connectivity index (χ1v) is 9.01. The van der Waals surface area contributed by atoms with Crippen LogP contribution in [0.3, 0.4) is 0 Å². The first-order chi connectivity index (χ1) is 14.5. The average Bonchev–Trinajstić information content (AvgIpc) is 3.02. The molecule has 0 atom stereocenters. The van der Waals surface area contributed by atoms with Crippen LogP contribution >= 0.6 is 0 Å². The van der Waals surface area contributed by atoms with Crippen molar-refractivity contribution in [2.75, 3.05) is 6.61 Å². The summed E-state index contributed by atoms with van der Waals surface area (Å²) in [5, 5.41) is 38.3. The molecule has 1 aromatic heterocycles. The molecule has 2 aromatic carbocycles. The number of nitro groups is 1. The van der Waals surface area contributed by atoms with E-state index in [-0.39, 0.29) is 23.0 Å². The molecule has 10 heteroatoms. The van der Waals surface area contributed by atoms with Crippen LogP contribution < -0.4 is 4.74 Å². The Kier molecular flexibility index (Phi) is 6.34. The lowest BCUT2D eigenvalue weighted by Crippen LogP contribution is -2.09. The number of rotatable bonds is 8. The van der Waals surface area contributed by atoms with Gasteiger partial charge in [-0.2, -0.15) is 5.26 Å². The molecule has 1 amide bonds. The van der Waals surface area contributed by atoms with Gasteiger partial charge in [0.1, 0.15) is 0 Å². The molecule has 0 bridgehead atoms. The third kappa shape index (κ3) is 4.41. The summed E-state index contributed by atoms with van der Waals surface area (Å²) in [5.41, 5.74) is 0.562. The SMILES string of the molecule is N#CCCCn1c(O)c(N=NC(=O)COc2ccccc2[N+](=O)[O-])c2ccccc21. The number of hydrogen-bond acceptors (Lipinski definition) is 7. The summed E-state index contributed by atoms with van der Waals surface area (Å²) in [7, 11) is 0. The maximum absolute atomic E-state index is 12.1. The fourth-order valence-corrected chi connectivity index (χ4v) is 2.92. The molecule has 152 valence electrons. The van der Waals surface area contributed by atoms with Gasteiger partial charge in [-0.15, -0.1) is 10.2 Å². The van der Waals surface area contributed by atoms with Gasteiger partial charge in [-0.25, -0.2) is 0 Å². The molecule has 0 spiro atoms. The van der Waals surface area contributed by atoms with Gasteiger partial charge in [0.2, 0.25) is 5.88 Å². The normalized spacial score (nSPS) is 10.9. The monoisotopic (exact) mass is 407 g/mol. The van der Waals surface area contributed by atoms with Crippen LogP contribution in [0.2, 0.25) is 0 Å². The fourth-order valence-electron chi connectivity index (χ4n) is 2.92. The molecular formula is C20H17N5O5. The zero-order valence-corrected chi connectivity index (χ0v) is 15.8. The third-order valence-electron chi connectivity index (χ3n) is 4.26. The molecule has 10 nitrogen and oxygen atoms in total. The molecule has 1 heterocycles. The highest BCUT2D eigenvalue weighted by atomic mass is 16.6. The Bertz CT molecular complexity index is 1160. The second kappa shape index (κ2) is 9.29. The second-order valence-corrected chi connectivity index (χ2v) is 6.21. The van der Waals surface area contributed by atoms with E-state index in [1.807, 2.05) is 0 Å². The number of ether oxygens (including phenoxy) is 1. The number of nitriles is 1. The van der Waals surface area contributed by atoms with E-state index < -0.39 is 17.4 Å². The standard InChI is InChI=1S/C20H17N5O5/c21-11-5-6-12-24-15-8-2-1-7-14(15)19(20(24)27)23-22-18(26)13-30-17-10-4-3-9-16(17)25(28)29/h1-4,7-10,27H,5-6,12-13H2. The van der Waals surface area contributed by atoms with Gasteiger partial charge >= 0.3 is 11.6 Å². The van der Waals surface area contributed by atoms with Crippen LogP contribution in [-0.4, -0.2) is 27.1 Å². The minimum absolute atomic E-state index is 0.0528. The van der Waals surface area contributed by atoms with E-state index in [0.29, 0.717) is 30.3 Å². The van der Waals surface area contributed by atoms with Gasteiger partial charge in [0.15, 0.2) is 18.0 Å². The number of nitro benzene ring substituents is 1. The summed E-state index contributed by atoms with van der Waals surface area (Å²) in [6, 6.07) is 14.8. The van der Waals surface area contributed by atoms with E-state index in [1.165, 1.54) is 18.2 Å². The Hall–Kier alpha value is -4.26. The maximum Gasteiger partial charge on any atom is 0.310 e. The Morgan fingerprint density at radius 1 is 1.23 bits per heavy atom. The van der Waals surface area contributed by atoms with E-state index in [2.05, 4.69) is 16.3 Å². The number of carbonyl (C=O) groups is 1. The molecule has 0 aliphatic heterocycles. The van der Waals surface area contributed by atoms with Crippen LogP contribution in [0, 0.1) is 21.4 Å². The minimum Gasteiger partial charge on any atom is -0.493 e. The Morgan fingerprint density at radius 3 is 2.73 bits per heavy atom. The summed E-state index contributed by atoms with van der Waals surface area (Å²) < 4.78 is 6.80. The second-order valence-electron chi connectivity index (χ2n) is 6.21. The van der Waals surface area contributed by atoms with Crippen LogP contribution in [0.15, 0.2) is 58.8 Å². The number of aromatic hydroxyl groups is 1. The molecule has 1 N–H and O–H groups in total. The fraction of sp³-hybridized carbons (Fsp3) is 0.200. The number of nitrogens with zero attached hydrogens (tertiary/aromatic N) is 5. The van der Waals surface area contributed by atoms with Crippen molar-refractivity contribution in [1.29, 1.82) is 5.26 Å². The van der Waals surface area contributed by atoms with Crippen molar-refractivity contribution in [3.05, 3.63) is 58.6 Å². The molecule has 0 unspecified atom stereocenters. The number of aryl methyl sites for hydroxylation is 1. The van der Waals surface area contributed by atoms with Gasteiger partial charge in [-0.05, 0) is 18.6 Å². The zero-order valence-electron chi connectivity index (χ0n) is 15.8. The van der Waals surface area contributed by atoms with E-state index >= 15 is 0 Å². The highest BCUT2D eigenvalue weighted by Gasteiger charge is 2.17. The van der Waals surface area contributed by atoms with Gasteiger partial charge in [-0.1, -0.05) is 30.3 Å². The van der Waals surface area contributed by atoms with Crippen molar-refractivity contribution in [3.63, 3.8) is 0 Å². The number of unbranched alkanes of at least 4 members (excludes halogenated alkanes) is 1. The van der Waals surface area contributed by atoms with Gasteiger partial charge in [0.05, 0.1) is 16.5 Å². The number of carbonyl (C=O) groups excluding carboxylic acids is 1. The molecule has 0 radical (unpaired) electrons. The quantitative estimate of drug-likeness (QED) is 0.256. The molecule has 3 aromatic rings. The van der Waals surface area contributed by atoms with Gasteiger partial charge < -0.3 is 14.4 Å². The lowest BCUT2D eigenvalue weighted by atomic mass is 10.2. The maximum atomic E-state index is 12.1. The number of azo groups is 1. The summed E-state index contributed by atoms with van der Waals surface area (Å²) in [4.78, 5) is 22.4. The lowest BCUT2D eigenvalue weighted by Gasteiger charge is -2.04. The molecule has 0 aliphatic rings. The predicted molar refractivity (Wildman–Crippen MR) is 107 cm³/mol. The number of para-hydroxylation sites is 3. The number of amides is 1. The zero-order chi connectivity index (χ0) is 21.5. The van der Waals surface area contributed by atoms with E-state index in [1.54, 1.807) is 34.9 Å². The predicted octanol–water partition coefficient (Wildman–Crippen LogP) is 4.25. The van der Waals surface area contributed by atoms with Crippen molar-refractivity contribution in [1.82, 2.24) is 4.57 Å². The summed E-state index contributed by atoms with van der Waals surface area (Å²) >= 11 is 0. The molecule has 30 heavy (non-hydrogen) atoms. The van der Waals surface area contributed by atoms with Gasteiger partial charge in [0.25, 0.3) is 0 Å². The van der Waals surface area contributed by atoms with Crippen LogP contribution in [0.25, 0.3) is 10.9 Å². The Morgan fingerprint density at radius 2 is 1.97 bits per heavy atom. The smallest absolute Gasteiger partial charge is 0.310 e. The van der Waals surface area contributed by atoms with E-state index in [9.17, 15) is 20.0 Å². The van der Waals surface area contributed by atoms with Crippen LogP contribution in [0.4, 0.5) is 11.4 Å². The summed E-state index contributed by atoms with van der Waals surface area (Å²) in [6.07, 6.45) is 0.881. The number of aromatic nitrogens is 1. The van der Waals surface area contributed by atoms with Gasteiger partial charge in [-0.3, -0.25) is 14.9 Å². The minimum atomic E-state index is -0.770. The molecule has 0 aliphatic carbocycles. The van der Waals surface area contributed by atoms with Crippen molar-refractivity contribution in [3.8, 4) is 17.7 Å². The molecule has 0 fully saturated rings. The first kappa shape index (κ1) is 20.5. The summed E-state index contributed by atoms with van der Waals surface area (Å²) in [6.45, 7) is -0.139. The van der Waals surface area contributed by atoms with Crippen LogP contribution in [0.1, 0.15) is 12.8 Å². The highest BCUT2D eigenvalue weighted by molar-refractivity contribution is 5.95. The topological polar surface area (TPSA) is 143 Å². The molecular weight excluding hydrogens is 390 g/mol. The van der Waals surface area contributed by atoms with Crippen molar-refractivity contribution in [2.24, 2.45) is 10.2 Å². The van der Waals surface area contributed by atoms with Crippen molar-refractivity contribution >= 4 is 28.2 Å². The van der Waals surface area contributed by atoms with Crippen LogP contribution in [-0.2, 0) is 11.3 Å². The molecule has 3 rings (SSSR count). The summed E-state index contributed by atoms with van der Waals surface area (Å²) in [5.74, 6) is -0.984. The van der Waals surface area contributed by atoms with E-state index in [4.69, 9.17) is 10.00 Å². The first-order valence-electron chi connectivity index (χ1n) is 9.01. The van der Waals surface area contributed by atoms with Crippen LogP contribution in [0.5, 0.6) is 11.6 Å². The van der Waals surface area contributed by atoms with Gasteiger partial charge in [0, 0.05) is 24.4 Å². The third-order valence-corrected chi connectivity index (χ3v) is 4.26. The van der Waals surface area contributed by atoms with Crippen molar-refractivity contribution < 1.29 is 19.6 Å². The molecule has 0 saturated heterocycles. The Labute approximate surface area is 170 Å². The highest BCUT2D eigenvalue weighted by Crippen LogP contribution is 2.39. The van der Waals surface area contributed by atoms with E-state index in [0.717, 1.165) is 0 Å². The number of benzene rings is 2. The largest absolute Gasteiger partial charge is 0.493 e. The average molecular weight is 407 g/mol.